The molecule has 2 aliphatic rings. The van der Waals surface area contributed by atoms with Gasteiger partial charge < -0.3 is 19.7 Å². The number of anilines is 1. The van der Waals surface area contributed by atoms with E-state index in [-0.39, 0.29) is 22.7 Å². The number of hydrogen-bond acceptors (Lipinski definition) is 7. The standard InChI is InChI=1S/C14H17ClN4O3S/c15-10-7-11(17-14(16-10)23-8-12(20)21)18-3-5-19(6-4-18)13(22)9-1-2-9/h7,9H,1-6,8H2,(H,20,21)/p-1. The smallest absolute Gasteiger partial charge is 0.225 e. The van der Waals surface area contributed by atoms with Crippen LogP contribution in [0, 0.1) is 5.92 Å². The number of piperazine rings is 1. The van der Waals surface area contributed by atoms with Gasteiger partial charge >= 0.3 is 0 Å². The van der Waals surface area contributed by atoms with E-state index < -0.39 is 5.97 Å². The van der Waals surface area contributed by atoms with Gasteiger partial charge in [-0.15, -0.1) is 0 Å². The predicted octanol–water partition coefficient (Wildman–Crippen LogP) is 0.0306. The molecule has 0 N–H and O–H groups in total. The lowest BCUT2D eigenvalue weighted by Gasteiger charge is -2.35. The highest BCUT2D eigenvalue weighted by atomic mass is 35.5. The maximum atomic E-state index is 12.1. The Bertz CT molecular complexity index is 618. The number of carboxylic acid groups (broad SMARTS) is 1. The quantitative estimate of drug-likeness (QED) is 0.418. The van der Waals surface area contributed by atoms with Crippen molar-refractivity contribution in [3.05, 3.63) is 11.2 Å². The molecule has 1 aliphatic heterocycles. The number of carbonyl (C=O) groups is 2. The molecule has 1 aliphatic carbocycles. The molecule has 23 heavy (non-hydrogen) atoms. The molecule has 1 saturated carbocycles. The molecule has 1 amide bonds. The van der Waals surface area contributed by atoms with Gasteiger partial charge in [-0.3, -0.25) is 4.79 Å². The molecule has 0 radical (unpaired) electrons. The van der Waals surface area contributed by atoms with Crippen molar-refractivity contribution in [2.75, 3.05) is 36.8 Å². The maximum Gasteiger partial charge on any atom is 0.225 e. The van der Waals surface area contributed by atoms with Crippen molar-refractivity contribution in [1.82, 2.24) is 14.9 Å². The fourth-order valence-corrected chi connectivity index (χ4v) is 3.28. The van der Waals surface area contributed by atoms with E-state index in [0.29, 0.717) is 37.2 Å². The van der Waals surface area contributed by atoms with Crippen LogP contribution in [0.2, 0.25) is 5.15 Å². The first kappa shape index (κ1) is 16.3. The molecule has 1 aromatic rings. The van der Waals surface area contributed by atoms with Gasteiger partial charge in [-0.1, -0.05) is 23.4 Å². The first-order valence-electron chi connectivity index (χ1n) is 7.44. The molecule has 1 saturated heterocycles. The number of halogens is 1. The van der Waals surface area contributed by atoms with Crippen molar-refractivity contribution in [2.24, 2.45) is 5.92 Å². The van der Waals surface area contributed by atoms with Crippen LogP contribution in [0.1, 0.15) is 12.8 Å². The molecule has 0 unspecified atom stereocenters. The van der Waals surface area contributed by atoms with Crippen molar-refractivity contribution >= 4 is 41.1 Å². The largest absolute Gasteiger partial charge is 0.549 e. The number of thioether (sulfide) groups is 1. The Labute approximate surface area is 143 Å². The number of amides is 1. The summed E-state index contributed by atoms with van der Waals surface area (Å²) in [6.45, 7) is 2.68. The van der Waals surface area contributed by atoms with E-state index in [4.69, 9.17) is 11.6 Å². The van der Waals surface area contributed by atoms with Crippen molar-refractivity contribution in [2.45, 2.75) is 18.0 Å². The number of carboxylic acids is 1. The highest BCUT2D eigenvalue weighted by molar-refractivity contribution is 7.99. The van der Waals surface area contributed by atoms with Gasteiger partial charge in [0.05, 0.1) is 5.97 Å². The van der Waals surface area contributed by atoms with Crippen molar-refractivity contribution < 1.29 is 14.7 Å². The van der Waals surface area contributed by atoms with Gasteiger partial charge in [0.25, 0.3) is 0 Å². The average molecular weight is 356 g/mol. The minimum Gasteiger partial charge on any atom is -0.549 e. The van der Waals surface area contributed by atoms with E-state index in [2.05, 4.69) is 9.97 Å². The number of nitrogens with zero attached hydrogens (tertiary/aromatic N) is 4. The molecule has 0 aromatic carbocycles. The van der Waals surface area contributed by atoms with E-state index in [1.54, 1.807) is 6.07 Å². The molecule has 124 valence electrons. The van der Waals surface area contributed by atoms with Gasteiger partial charge in [-0.2, -0.15) is 0 Å². The molecule has 2 fully saturated rings. The van der Waals surface area contributed by atoms with Gasteiger partial charge in [0.1, 0.15) is 11.0 Å². The first-order chi connectivity index (χ1) is 11.0. The SMILES string of the molecule is O=C([O-])CSc1nc(Cl)cc(N2CCN(C(=O)C3CC3)CC2)n1. The third-order valence-corrected chi connectivity index (χ3v) is 4.84. The highest BCUT2D eigenvalue weighted by Gasteiger charge is 2.34. The number of hydrogen-bond donors (Lipinski definition) is 0. The average Bonchev–Trinajstić information content (AvgIpc) is 3.37. The van der Waals surface area contributed by atoms with Crippen LogP contribution in [0.3, 0.4) is 0 Å². The summed E-state index contributed by atoms with van der Waals surface area (Å²) in [4.78, 5) is 34.9. The Hall–Kier alpha value is -1.54. The van der Waals surface area contributed by atoms with Crippen LogP contribution in [-0.2, 0) is 9.59 Å². The third kappa shape index (κ3) is 4.26. The topological polar surface area (TPSA) is 89.5 Å². The lowest BCUT2D eigenvalue weighted by Crippen LogP contribution is -2.49. The molecule has 7 nitrogen and oxygen atoms in total. The van der Waals surface area contributed by atoms with Crippen LogP contribution in [-0.4, -0.2) is 58.7 Å². The van der Waals surface area contributed by atoms with Crippen LogP contribution in [0.4, 0.5) is 5.82 Å². The fraction of sp³-hybridized carbons (Fsp3) is 0.571. The Balaban J connectivity index is 1.62. The van der Waals surface area contributed by atoms with Crippen LogP contribution in [0.15, 0.2) is 11.2 Å². The summed E-state index contributed by atoms with van der Waals surface area (Å²) in [5.41, 5.74) is 0. The fourth-order valence-electron chi connectivity index (χ4n) is 2.48. The second-order valence-corrected chi connectivity index (χ2v) is 6.91. The molecule has 3 rings (SSSR count). The van der Waals surface area contributed by atoms with Gasteiger partial charge in [0.2, 0.25) is 5.91 Å². The molecular formula is C14H16ClN4O3S-. The Morgan fingerprint density at radius 2 is 1.96 bits per heavy atom. The monoisotopic (exact) mass is 355 g/mol. The number of aliphatic carboxylic acids is 1. The lowest BCUT2D eigenvalue weighted by atomic mass is 10.2. The van der Waals surface area contributed by atoms with E-state index in [0.717, 1.165) is 24.6 Å². The van der Waals surface area contributed by atoms with E-state index >= 15 is 0 Å². The molecular weight excluding hydrogens is 340 g/mol. The van der Waals surface area contributed by atoms with Gasteiger partial charge in [-0.25, -0.2) is 9.97 Å². The van der Waals surface area contributed by atoms with E-state index in [1.165, 1.54) is 0 Å². The lowest BCUT2D eigenvalue weighted by molar-refractivity contribution is -0.301. The van der Waals surface area contributed by atoms with Crippen LogP contribution < -0.4 is 10.0 Å². The van der Waals surface area contributed by atoms with Crippen LogP contribution >= 0.6 is 23.4 Å². The zero-order valence-electron chi connectivity index (χ0n) is 12.4. The zero-order valence-corrected chi connectivity index (χ0v) is 14.0. The third-order valence-electron chi connectivity index (χ3n) is 3.82. The number of carbonyl (C=O) groups excluding carboxylic acids is 2. The first-order valence-corrected chi connectivity index (χ1v) is 8.80. The number of aromatic nitrogens is 2. The molecule has 2 heterocycles. The Kier molecular flexibility index (Phi) is 4.91. The summed E-state index contributed by atoms with van der Waals surface area (Å²) in [5, 5.41) is 11.1. The van der Waals surface area contributed by atoms with Gasteiger partial charge in [0, 0.05) is 43.9 Å². The maximum absolute atomic E-state index is 12.1. The molecule has 9 heteroatoms. The van der Waals surface area contributed by atoms with Crippen LogP contribution in [0.25, 0.3) is 0 Å². The predicted molar refractivity (Wildman–Crippen MR) is 84.3 cm³/mol. The Morgan fingerprint density at radius 1 is 1.26 bits per heavy atom. The van der Waals surface area contributed by atoms with E-state index in [9.17, 15) is 14.7 Å². The second-order valence-electron chi connectivity index (χ2n) is 5.58. The van der Waals surface area contributed by atoms with Crippen molar-refractivity contribution in [3.8, 4) is 0 Å². The summed E-state index contributed by atoms with van der Waals surface area (Å²) in [6, 6.07) is 1.66. The Morgan fingerprint density at radius 3 is 2.57 bits per heavy atom. The van der Waals surface area contributed by atoms with Gasteiger partial charge in [-0.05, 0) is 12.8 Å². The second kappa shape index (κ2) is 6.92. The zero-order chi connectivity index (χ0) is 16.4. The highest BCUT2D eigenvalue weighted by Crippen LogP contribution is 2.31. The minimum absolute atomic E-state index is 0.219. The normalized spacial score (nSPS) is 18.1. The van der Waals surface area contributed by atoms with Crippen LogP contribution in [0.5, 0.6) is 0 Å². The number of rotatable bonds is 5. The summed E-state index contributed by atoms with van der Waals surface area (Å²) in [6.07, 6.45) is 2.03. The van der Waals surface area contributed by atoms with Crippen molar-refractivity contribution in [1.29, 1.82) is 0 Å². The summed E-state index contributed by atoms with van der Waals surface area (Å²) < 4.78 is 0. The summed E-state index contributed by atoms with van der Waals surface area (Å²) >= 11 is 6.97. The molecule has 1 aromatic heterocycles. The van der Waals surface area contributed by atoms with Crippen molar-refractivity contribution in [3.63, 3.8) is 0 Å². The summed E-state index contributed by atoms with van der Waals surface area (Å²) in [7, 11) is 0. The molecule has 0 bridgehead atoms. The molecule has 0 atom stereocenters. The van der Waals surface area contributed by atoms with Gasteiger partial charge in [0.15, 0.2) is 5.16 Å². The molecule has 0 spiro atoms. The summed E-state index contributed by atoms with van der Waals surface area (Å²) in [5.74, 6) is -0.237. The van der Waals surface area contributed by atoms with E-state index in [1.807, 2.05) is 9.80 Å². The minimum atomic E-state index is -1.17.